The van der Waals surface area contributed by atoms with Gasteiger partial charge in [0, 0.05) is 15.7 Å². The van der Waals surface area contributed by atoms with Crippen LogP contribution in [-0.4, -0.2) is 24.6 Å². The van der Waals surface area contributed by atoms with E-state index in [0.717, 1.165) is 11.3 Å². The van der Waals surface area contributed by atoms with E-state index in [1.165, 1.54) is 24.4 Å². The number of nitrogens with one attached hydrogen (secondary N) is 2. The number of anilines is 1. The van der Waals surface area contributed by atoms with E-state index in [1.807, 2.05) is 6.92 Å². The summed E-state index contributed by atoms with van der Waals surface area (Å²) >= 11 is 11.7. The summed E-state index contributed by atoms with van der Waals surface area (Å²) < 4.78 is 5.32. The molecule has 0 aliphatic heterocycles. The Morgan fingerprint density at radius 2 is 1.72 bits per heavy atom. The number of carbonyl (C=O) groups excluding carboxylic acids is 2. The zero-order valence-electron chi connectivity index (χ0n) is 13.3. The van der Waals surface area contributed by atoms with E-state index in [9.17, 15) is 9.59 Å². The first kappa shape index (κ1) is 18.8. The number of hydrogen-bond donors (Lipinski definition) is 2. The van der Waals surface area contributed by atoms with Gasteiger partial charge >= 0.3 is 11.8 Å². The van der Waals surface area contributed by atoms with Crippen LogP contribution < -0.4 is 15.5 Å². The Kier molecular flexibility index (Phi) is 6.80. The lowest BCUT2D eigenvalue weighted by Gasteiger charge is -2.05. The standard InChI is InChI=1S/C17H15Cl2N3O3/c1-2-25-15-5-3-11(4-6-15)10-20-22-17(24)16(23)21-14-8-12(18)7-13(19)9-14/h3-10H,2H2,1H3,(H,21,23)(H,22,24). The number of ether oxygens (including phenoxy) is 1. The minimum Gasteiger partial charge on any atom is -0.494 e. The molecule has 2 aromatic rings. The molecule has 0 saturated carbocycles. The molecular weight excluding hydrogens is 365 g/mol. The van der Waals surface area contributed by atoms with Crippen LogP contribution in [0, 0.1) is 0 Å². The molecule has 0 radical (unpaired) electrons. The second kappa shape index (κ2) is 9.05. The molecule has 2 rings (SSSR count). The van der Waals surface area contributed by atoms with Gasteiger partial charge in [0.15, 0.2) is 0 Å². The van der Waals surface area contributed by atoms with Crippen molar-refractivity contribution in [2.24, 2.45) is 5.10 Å². The molecule has 0 bridgehead atoms. The van der Waals surface area contributed by atoms with Crippen molar-refractivity contribution in [2.75, 3.05) is 11.9 Å². The summed E-state index contributed by atoms with van der Waals surface area (Å²) in [5, 5.41) is 6.81. The van der Waals surface area contributed by atoms with Gasteiger partial charge in [-0.15, -0.1) is 0 Å². The summed E-state index contributed by atoms with van der Waals surface area (Å²) in [5.74, 6) is -1.07. The Morgan fingerprint density at radius 1 is 1.08 bits per heavy atom. The third-order valence-corrected chi connectivity index (χ3v) is 3.33. The summed E-state index contributed by atoms with van der Waals surface area (Å²) in [6.07, 6.45) is 1.41. The lowest BCUT2D eigenvalue weighted by atomic mass is 10.2. The molecule has 25 heavy (non-hydrogen) atoms. The minimum atomic E-state index is -0.918. The number of benzene rings is 2. The van der Waals surface area contributed by atoms with Gasteiger partial charge in [-0.2, -0.15) is 5.10 Å². The molecule has 0 spiro atoms. The highest BCUT2D eigenvalue weighted by molar-refractivity contribution is 6.40. The maximum absolute atomic E-state index is 11.8. The highest BCUT2D eigenvalue weighted by atomic mass is 35.5. The molecule has 0 atom stereocenters. The smallest absolute Gasteiger partial charge is 0.329 e. The lowest BCUT2D eigenvalue weighted by Crippen LogP contribution is -2.32. The fraction of sp³-hybridized carbons (Fsp3) is 0.118. The van der Waals surface area contributed by atoms with Crippen LogP contribution in [0.1, 0.15) is 12.5 Å². The van der Waals surface area contributed by atoms with E-state index in [0.29, 0.717) is 22.3 Å². The maximum Gasteiger partial charge on any atom is 0.329 e. The molecule has 130 valence electrons. The first-order chi connectivity index (χ1) is 12.0. The van der Waals surface area contributed by atoms with Crippen LogP contribution in [0.15, 0.2) is 47.6 Å². The lowest BCUT2D eigenvalue weighted by molar-refractivity contribution is -0.136. The van der Waals surface area contributed by atoms with E-state index in [2.05, 4.69) is 15.8 Å². The summed E-state index contributed by atoms with van der Waals surface area (Å²) in [6, 6.07) is 11.6. The zero-order valence-corrected chi connectivity index (χ0v) is 14.8. The Balaban J connectivity index is 1.89. The van der Waals surface area contributed by atoms with Crippen LogP contribution >= 0.6 is 23.2 Å². The van der Waals surface area contributed by atoms with E-state index >= 15 is 0 Å². The average molecular weight is 380 g/mol. The minimum absolute atomic E-state index is 0.313. The molecule has 0 aliphatic carbocycles. The largest absolute Gasteiger partial charge is 0.494 e. The third kappa shape index (κ3) is 6.10. The van der Waals surface area contributed by atoms with Gasteiger partial charge in [0.1, 0.15) is 5.75 Å². The summed E-state index contributed by atoms with van der Waals surface area (Å²) in [7, 11) is 0. The number of carbonyl (C=O) groups is 2. The Bertz CT molecular complexity index is 772. The van der Waals surface area contributed by atoms with Gasteiger partial charge in [-0.3, -0.25) is 9.59 Å². The van der Waals surface area contributed by atoms with Crippen molar-refractivity contribution in [3.8, 4) is 5.75 Å². The van der Waals surface area contributed by atoms with Crippen molar-refractivity contribution in [1.82, 2.24) is 5.43 Å². The zero-order chi connectivity index (χ0) is 18.2. The van der Waals surface area contributed by atoms with Gasteiger partial charge in [0.2, 0.25) is 0 Å². The first-order valence-electron chi connectivity index (χ1n) is 7.31. The number of hydrazone groups is 1. The number of rotatable bonds is 5. The number of halogens is 2. The van der Waals surface area contributed by atoms with Crippen molar-refractivity contribution in [2.45, 2.75) is 6.92 Å². The van der Waals surface area contributed by atoms with Gasteiger partial charge in [-0.25, -0.2) is 5.43 Å². The molecule has 2 aromatic carbocycles. The summed E-state index contributed by atoms with van der Waals surface area (Å²) in [5.41, 5.74) is 3.20. The molecule has 2 amide bonds. The van der Waals surface area contributed by atoms with Gasteiger partial charge in [0.05, 0.1) is 12.8 Å². The van der Waals surface area contributed by atoms with Gasteiger partial charge < -0.3 is 10.1 Å². The number of amides is 2. The van der Waals surface area contributed by atoms with Crippen molar-refractivity contribution in [1.29, 1.82) is 0 Å². The summed E-state index contributed by atoms with van der Waals surface area (Å²) in [4.78, 5) is 23.5. The van der Waals surface area contributed by atoms with E-state index in [-0.39, 0.29) is 0 Å². The predicted molar refractivity (Wildman–Crippen MR) is 98.4 cm³/mol. The van der Waals surface area contributed by atoms with Crippen LogP contribution in [-0.2, 0) is 9.59 Å². The SMILES string of the molecule is CCOc1ccc(C=NNC(=O)C(=O)Nc2cc(Cl)cc(Cl)c2)cc1. The van der Waals surface area contributed by atoms with E-state index in [1.54, 1.807) is 24.3 Å². The molecule has 2 N–H and O–H groups in total. The highest BCUT2D eigenvalue weighted by Crippen LogP contribution is 2.22. The molecular formula is C17H15Cl2N3O3. The molecule has 6 nitrogen and oxygen atoms in total. The molecule has 0 fully saturated rings. The monoisotopic (exact) mass is 379 g/mol. The van der Waals surface area contributed by atoms with Crippen LogP contribution in [0.25, 0.3) is 0 Å². The maximum atomic E-state index is 11.8. The Labute approximate surface area is 154 Å². The van der Waals surface area contributed by atoms with Crippen LogP contribution in [0.5, 0.6) is 5.75 Å². The average Bonchev–Trinajstić information content (AvgIpc) is 2.55. The van der Waals surface area contributed by atoms with Gasteiger partial charge in [-0.05, 0) is 55.0 Å². The van der Waals surface area contributed by atoms with Crippen molar-refractivity contribution >= 4 is 46.9 Å². The quantitative estimate of drug-likeness (QED) is 0.474. The van der Waals surface area contributed by atoms with Crippen molar-refractivity contribution < 1.29 is 14.3 Å². The Hall–Kier alpha value is -2.57. The third-order valence-electron chi connectivity index (χ3n) is 2.90. The predicted octanol–water partition coefficient (Wildman–Crippen LogP) is 3.48. The number of hydrogen-bond acceptors (Lipinski definition) is 4. The molecule has 0 aliphatic rings. The van der Waals surface area contributed by atoms with Crippen LogP contribution in [0.3, 0.4) is 0 Å². The topological polar surface area (TPSA) is 79.8 Å². The van der Waals surface area contributed by atoms with Crippen molar-refractivity contribution in [3.63, 3.8) is 0 Å². The Morgan fingerprint density at radius 3 is 2.32 bits per heavy atom. The fourth-order valence-corrected chi connectivity index (χ4v) is 2.37. The second-order valence-electron chi connectivity index (χ2n) is 4.81. The molecule has 8 heteroatoms. The van der Waals surface area contributed by atoms with E-state index < -0.39 is 11.8 Å². The molecule has 0 heterocycles. The van der Waals surface area contributed by atoms with Crippen LogP contribution in [0.2, 0.25) is 10.0 Å². The van der Waals surface area contributed by atoms with Gasteiger partial charge in [-0.1, -0.05) is 23.2 Å². The normalized spacial score (nSPS) is 10.5. The van der Waals surface area contributed by atoms with Crippen LogP contribution in [0.4, 0.5) is 5.69 Å². The van der Waals surface area contributed by atoms with E-state index in [4.69, 9.17) is 27.9 Å². The second-order valence-corrected chi connectivity index (χ2v) is 5.69. The van der Waals surface area contributed by atoms with Crippen molar-refractivity contribution in [3.05, 3.63) is 58.1 Å². The summed E-state index contributed by atoms with van der Waals surface area (Å²) in [6.45, 7) is 2.48. The highest BCUT2D eigenvalue weighted by Gasteiger charge is 2.13. The molecule has 0 aromatic heterocycles. The van der Waals surface area contributed by atoms with Gasteiger partial charge in [0.25, 0.3) is 0 Å². The molecule has 0 unspecified atom stereocenters. The molecule has 0 saturated heterocycles. The first-order valence-corrected chi connectivity index (χ1v) is 8.07. The number of nitrogens with zero attached hydrogens (tertiary/aromatic N) is 1. The fourth-order valence-electron chi connectivity index (χ4n) is 1.85.